The molecule has 5 nitrogen and oxygen atoms in total. The molecule has 2 amide bonds. The predicted molar refractivity (Wildman–Crippen MR) is 71.9 cm³/mol. The highest BCUT2D eigenvalue weighted by molar-refractivity contribution is 5.86. The Kier molecular flexibility index (Phi) is 4.02. The Bertz CT molecular complexity index is 372. The van der Waals surface area contributed by atoms with Crippen LogP contribution in [0.25, 0.3) is 0 Å². The highest BCUT2D eigenvalue weighted by atomic mass is 16.4. The summed E-state index contributed by atoms with van der Waals surface area (Å²) in [5, 5.41) is 12.4. The first kappa shape index (κ1) is 14.2. The van der Waals surface area contributed by atoms with Gasteiger partial charge in [-0.2, -0.15) is 0 Å². The van der Waals surface area contributed by atoms with E-state index >= 15 is 0 Å². The third-order valence-corrected chi connectivity index (χ3v) is 4.62. The first-order valence-electron chi connectivity index (χ1n) is 7.25. The van der Waals surface area contributed by atoms with Crippen LogP contribution < -0.4 is 5.32 Å². The number of likely N-dealkylation sites (tertiary alicyclic amines) is 1. The van der Waals surface area contributed by atoms with Gasteiger partial charge in [0.05, 0.1) is 0 Å². The van der Waals surface area contributed by atoms with Gasteiger partial charge in [0, 0.05) is 12.6 Å². The van der Waals surface area contributed by atoms with Gasteiger partial charge in [-0.1, -0.05) is 6.92 Å². The fourth-order valence-electron chi connectivity index (χ4n) is 3.26. The van der Waals surface area contributed by atoms with Gasteiger partial charge in [0.2, 0.25) is 0 Å². The van der Waals surface area contributed by atoms with E-state index in [1.807, 2.05) is 0 Å². The summed E-state index contributed by atoms with van der Waals surface area (Å²) >= 11 is 0. The third kappa shape index (κ3) is 2.85. The molecule has 1 saturated heterocycles. The summed E-state index contributed by atoms with van der Waals surface area (Å²) in [5.74, 6) is -0.250. The molecule has 0 radical (unpaired) electrons. The van der Waals surface area contributed by atoms with E-state index in [1.165, 1.54) is 4.90 Å². The maximum atomic E-state index is 12.3. The number of nitrogens with zero attached hydrogens (tertiary/aromatic N) is 1. The molecule has 0 aromatic rings. The number of piperidine rings is 1. The van der Waals surface area contributed by atoms with Crippen LogP contribution in [-0.2, 0) is 4.79 Å². The van der Waals surface area contributed by atoms with Crippen molar-refractivity contribution < 1.29 is 14.7 Å². The van der Waals surface area contributed by atoms with E-state index in [0.717, 1.165) is 32.1 Å². The van der Waals surface area contributed by atoms with Crippen LogP contribution >= 0.6 is 0 Å². The lowest BCUT2D eigenvalue weighted by Gasteiger charge is -2.41. The fourth-order valence-corrected chi connectivity index (χ4v) is 3.26. The van der Waals surface area contributed by atoms with Gasteiger partial charge in [-0.15, -0.1) is 0 Å². The van der Waals surface area contributed by atoms with Crippen LogP contribution in [-0.4, -0.2) is 40.1 Å². The van der Waals surface area contributed by atoms with Crippen molar-refractivity contribution in [2.24, 2.45) is 5.92 Å². The maximum Gasteiger partial charge on any atom is 0.329 e. The van der Waals surface area contributed by atoms with Crippen LogP contribution in [0.4, 0.5) is 4.79 Å². The van der Waals surface area contributed by atoms with Gasteiger partial charge in [0.25, 0.3) is 0 Å². The SMILES string of the molecule is CC1CCC(NC(=O)N2CCCCC2(C)C(=O)O)C1. The highest BCUT2D eigenvalue weighted by Crippen LogP contribution is 2.29. The molecule has 2 aliphatic rings. The number of carbonyl (C=O) groups excluding carboxylic acids is 1. The lowest BCUT2D eigenvalue weighted by atomic mass is 9.89. The van der Waals surface area contributed by atoms with Crippen LogP contribution in [0.1, 0.15) is 52.4 Å². The van der Waals surface area contributed by atoms with Crippen molar-refractivity contribution >= 4 is 12.0 Å². The normalized spacial score (nSPS) is 35.2. The van der Waals surface area contributed by atoms with Crippen LogP contribution in [0.3, 0.4) is 0 Å². The van der Waals surface area contributed by atoms with Crippen molar-refractivity contribution in [3.63, 3.8) is 0 Å². The van der Waals surface area contributed by atoms with Crippen LogP contribution in [0.2, 0.25) is 0 Å². The van der Waals surface area contributed by atoms with Crippen molar-refractivity contribution in [3.05, 3.63) is 0 Å². The van der Waals surface area contributed by atoms with Gasteiger partial charge in [-0.3, -0.25) is 0 Å². The molecule has 108 valence electrons. The lowest BCUT2D eigenvalue weighted by Crippen LogP contribution is -2.60. The van der Waals surface area contributed by atoms with Gasteiger partial charge in [-0.05, 0) is 51.4 Å². The van der Waals surface area contributed by atoms with E-state index in [2.05, 4.69) is 12.2 Å². The van der Waals surface area contributed by atoms with Gasteiger partial charge >= 0.3 is 12.0 Å². The molecule has 5 heteroatoms. The number of urea groups is 1. The molecular formula is C14H24N2O3. The largest absolute Gasteiger partial charge is 0.480 e. The number of aliphatic carboxylic acids is 1. The first-order valence-corrected chi connectivity index (χ1v) is 7.25. The number of amides is 2. The summed E-state index contributed by atoms with van der Waals surface area (Å²) in [4.78, 5) is 25.3. The van der Waals surface area contributed by atoms with Crippen molar-refractivity contribution in [2.75, 3.05) is 6.54 Å². The standard InChI is InChI=1S/C14H24N2O3/c1-10-5-6-11(9-10)15-13(19)16-8-4-3-7-14(16,2)12(17)18/h10-11H,3-9H2,1-2H3,(H,15,19)(H,17,18). The number of carboxylic acid groups (broad SMARTS) is 1. The molecule has 3 atom stereocenters. The molecule has 0 spiro atoms. The second kappa shape index (κ2) is 5.39. The summed E-state index contributed by atoms with van der Waals surface area (Å²) in [7, 11) is 0. The van der Waals surface area contributed by atoms with E-state index in [-0.39, 0.29) is 12.1 Å². The second-order valence-corrected chi connectivity index (χ2v) is 6.25. The Morgan fingerprint density at radius 3 is 2.63 bits per heavy atom. The van der Waals surface area contributed by atoms with E-state index in [1.54, 1.807) is 6.92 Å². The quantitative estimate of drug-likeness (QED) is 0.806. The van der Waals surface area contributed by atoms with Gasteiger partial charge in [0.15, 0.2) is 0 Å². The minimum Gasteiger partial charge on any atom is -0.480 e. The molecule has 0 bridgehead atoms. The van der Waals surface area contributed by atoms with E-state index in [9.17, 15) is 14.7 Å². The number of carbonyl (C=O) groups is 2. The van der Waals surface area contributed by atoms with Gasteiger partial charge < -0.3 is 15.3 Å². The van der Waals surface area contributed by atoms with Crippen molar-refractivity contribution in [2.45, 2.75) is 64.0 Å². The Balaban J connectivity index is 2.01. The Morgan fingerprint density at radius 1 is 1.32 bits per heavy atom. The Hall–Kier alpha value is -1.26. The number of nitrogens with one attached hydrogen (secondary N) is 1. The fraction of sp³-hybridized carbons (Fsp3) is 0.857. The number of hydrogen-bond acceptors (Lipinski definition) is 2. The van der Waals surface area contributed by atoms with Crippen molar-refractivity contribution in [1.82, 2.24) is 10.2 Å². The van der Waals surface area contributed by atoms with Gasteiger partial charge in [0.1, 0.15) is 5.54 Å². The predicted octanol–water partition coefficient (Wildman–Crippen LogP) is 2.21. The molecule has 1 aliphatic carbocycles. The zero-order chi connectivity index (χ0) is 14.0. The Labute approximate surface area is 114 Å². The molecule has 1 heterocycles. The molecule has 3 unspecified atom stereocenters. The molecule has 2 fully saturated rings. The number of carboxylic acids is 1. The summed E-state index contributed by atoms with van der Waals surface area (Å²) in [6.07, 6.45) is 5.44. The Morgan fingerprint density at radius 2 is 2.05 bits per heavy atom. The van der Waals surface area contributed by atoms with E-state index in [4.69, 9.17) is 0 Å². The minimum absolute atomic E-state index is 0.205. The molecule has 2 rings (SSSR count). The highest BCUT2D eigenvalue weighted by Gasteiger charge is 2.44. The maximum absolute atomic E-state index is 12.3. The smallest absolute Gasteiger partial charge is 0.329 e. The summed E-state index contributed by atoms with van der Waals surface area (Å²) in [6.45, 7) is 4.39. The van der Waals surface area contributed by atoms with Crippen LogP contribution in [0.15, 0.2) is 0 Å². The van der Waals surface area contributed by atoms with E-state index in [0.29, 0.717) is 18.9 Å². The summed E-state index contributed by atoms with van der Waals surface area (Å²) < 4.78 is 0. The lowest BCUT2D eigenvalue weighted by molar-refractivity contribution is -0.150. The minimum atomic E-state index is -1.05. The molecule has 0 aromatic heterocycles. The number of hydrogen-bond donors (Lipinski definition) is 2. The van der Waals surface area contributed by atoms with Crippen molar-refractivity contribution in [1.29, 1.82) is 0 Å². The first-order chi connectivity index (χ1) is 8.93. The average Bonchev–Trinajstić information content (AvgIpc) is 2.75. The average molecular weight is 268 g/mol. The summed E-state index contributed by atoms with van der Waals surface area (Å²) in [6, 6.07) is 0.00571. The topological polar surface area (TPSA) is 69.6 Å². The third-order valence-electron chi connectivity index (χ3n) is 4.62. The second-order valence-electron chi connectivity index (χ2n) is 6.25. The molecule has 19 heavy (non-hydrogen) atoms. The van der Waals surface area contributed by atoms with Gasteiger partial charge in [-0.25, -0.2) is 9.59 Å². The molecular weight excluding hydrogens is 244 g/mol. The monoisotopic (exact) mass is 268 g/mol. The zero-order valence-electron chi connectivity index (χ0n) is 11.8. The zero-order valence-corrected chi connectivity index (χ0v) is 11.8. The van der Waals surface area contributed by atoms with Crippen molar-refractivity contribution in [3.8, 4) is 0 Å². The van der Waals surface area contributed by atoms with Crippen LogP contribution in [0.5, 0.6) is 0 Å². The van der Waals surface area contributed by atoms with E-state index < -0.39 is 11.5 Å². The molecule has 0 aromatic carbocycles. The molecule has 1 aliphatic heterocycles. The summed E-state index contributed by atoms with van der Waals surface area (Å²) in [5.41, 5.74) is -1.05. The number of rotatable bonds is 2. The molecule has 2 N–H and O–H groups in total. The van der Waals surface area contributed by atoms with Crippen LogP contribution in [0, 0.1) is 5.92 Å². The molecule has 1 saturated carbocycles.